The molecule has 0 saturated heterocycles. The van der Waals surface area contributed by atoms with E-state index in [0.29, 0.717) is 0 Å². The number of benzene rings is 2. The van der Waals surface area contributed by atoms with E-state index in [-0.39, 0.29) is 11.4 Å². The summed E-state index contributed by atoms with van der Waals surface area (Å²) >= 11 is 0. The van der Waals surface area contributed by atoms with E-state index in [4.69, 9.17) is 0 Å². The second-order valence-electron chi connectivity index (χ2n) is 6.28. The van der Waals surface area contributed by atoms with Crippen LogP contribution in [0.4, 0.5) is 0 Å². The molecule has 0 aliphatic rings. The summed E-state index contributed by atoms with van der Waals surface area (Å²) in [7, 11) is -3.58. The van der Waals surface area contributed by atoms with Gasteiger partial charge in [0.05, 0.1) is 10.4 Å². The third-order valence-corrected chi connectivity index (χ3v) is 5.88. The molecule has 27 heavy (non-hydrogen) atoms. The second kappa shape index (κ2) is 6.94. The van der Waals surface area contributed by atoms with Gasteiger partial charge in [-0.3, -0.25) is 10.1 Å². The van der Waals surface area contributed by atoms with Gasteiger partial charge in [-0.25, -0.2) is 13.1 Å². The van der Waals surface area contributed by atoms with Crippen molar-refractivity contribution < 1.29 is 8.42 Å². The van der Waals surface area contributed by atoms with Crippen LogP contribution in [0.15, 0.2) is 71.9 Å². The smallest absolute Gasteiger partial charge is 0.240 e. The van der Waals surface area contributed by atoms with E-state index in [2.05, 4.69) is 26.0 Å². The molecule has 0 bridgehead atoms. The molecular formula is C20H18N4O2S. The van der Waals surface area contributed by atoms with E-state index in [1.165, 1.54) is 0 Å². The monoisotopic (exact) mass is 378 g/mol. The number of aromatic amines is 1. The maximum absolute atomic E-state index is 12.5. The van der Waals surface area contributed by atoms with Gasteiger partial charge in [-0.1, -0.05) is 18.2 Å². The lowest BCUT2D eigenvalue weighted by molar-refractivity contribution is 0.581. The van der Waals surface area contributed by atoms with Gasteiger partial charge >= 0.3 is 0 Å². The van der Waals surface area contributed by atoms with Crippen molar-refractivity contribution >= 4 is 20.9 Å². The lowest BCUT2D eigenvalue weighted by atomic mass is 10.0. The van der Waals surface area contributed by atoms with Crippen LogP contribution in [-0.2, 0) is 16.6 Å². The Hall–Kier alpha value is -3.03. The number of pyridine rings is 1. The largest absolute Gasteiger partial charge is 0.282 e. The number of sulfonamides is 1. The standard InChI is InChI=1S/C20H18N4O2S/c1-14-19-12-17(4-7-20(19)24-23-14)16-2-5-18(6-3-16)27(25,26)22-13-15-8-10-21-11-9-15/h2-12,22H,13H2,1H3,(H,23,24). The summed E-state index contributed by atoms with van der Waals surface area (Å²) in [6, 6.07) is 16.4. The SMILES string of the molecule is Cc1[nH]nc2ccc(-c3ccc(S(=O)(=O)NCc4ccncc4)cc3)cc12. The van der Waals surface area contributed by atoms with Gasteiger partial charge in [-0.15, -0.1) is 0 Å². The zero-order valence-corrected chi connectivity index (χ0v) is 15.5. The molecule has 0 unspecified atom stereocenters. The molecule has 2 aromatic carbocycles. The number of hydrogen-bond acceptors (Lipinski definition) is 4. The number of nitrogens with one attached hydrogen (secondary N) is 2. The van der Waals surface area contributed by atoms with Gasteiger partial charge in [0.1, 0.15) is 0 Å². The molecule has 7 heteroatoms. The number of rotatable bonds is 5. The summed E-state index contributed by atoms with van der Waals surface area (Å²) in [5, 5.41) is 8.26. The highest BCUT2D eigenvalue weighted by atomic mass is 32.2. The molecule has 0 saturated carbocycles. The molecule has 0 fully saturated rings. The molecule has 0 amide bonds. The molecule has 2 aromatic heterocycles. The fourth-order valence-electron chi connectivity index (χ4n) is 2.91. The van der Waals surface area contributed by atoms with Crippen molar-refractivity contribution in [3.8, 4) is 11.1 Å². The van der Waals surface area contributed by atoms with Crippen LogP contribution in [-0.4, -0.2) is 23.6 Å². The van der Waals surface area contributed by atoms with Crippen LogP contribution in [0, 0.1) is 6.92 Å². The van der Waals surface area contributed by atoms with Gasteiger partial charge in [0, 0.05) is 30.0 Å². The van der Waals surface area contributed by atoms with E-state index < -0.39 is 10.0 Å². The Kier molecular flexibility index (Phi) is 4.47. The Morgan fingerprint density at radius 2 is 1.67 bits per heavy atom. The molecule has 0 spiro atoms. The number of fused-ring (bicyclic) bond motifs is 1. The first kappa shape index (κ1) is 17.4. The van der Waals surface area contributed by atoms with Crippen molar-refractivity contribution in [2.75, 3.05) is 0 Å². The minimum Gasteiger partial charge on any atom is -0.282 e. The van der Waals surface area contributed by atoms with Crippen LogP contribution in [0.5, 0.6) is 0 Å². The summed E-state index contributed by atoms with van der Waals surface area (Å²) in [5.74, 6) is 0. The molecule has 0 radical (unpaired) electrons. The van der Waals surface area contributed by atoms with Crippen molar-refractivity contribution in [1.29, 1.82) is 0 Å². The first-order valence-electron chi connectivity index (χ1n) is 8.47. The van der Waals surface area contributed by atoms with Crippen LogP contribution < -0.4 is 4.72 Å². The molecule has 2 heterocycles. The topological polar surface area (TPSA) is 87.7 Å². The summed E-state index contributed by atoms with van der Waals surface area (Å²) < 4.78 is 27.6. The molecule has 136 valence electrons. The quantitative estimate of drug-likeness (QED) is 0.557. The van der Waals surface area contributed by atoms with Crippen molar-refractivity contribution in [2.24, 2.45) is 0 Å². The summed E-state index contributed by atoms with van der Waals surface area (Å²) in [6.07, 6.45) is 3.27. The molecule has 2 N–H and O–H groups in total. The molecule has 4 rings (SSSR count). The third kappa shape index (κ3) is 3.60. The fourth-order valence-corrected chi connectivity index (χ4v) is 3.92. The summed E-state index contributed by atoms with van der Waals surface area (Å²) in [6.45, 7) is 2.20. The predicted molar refractivity (Wildman–Crippen MR) is 105 cm³/mol. The van der Waals surface area contributed by atoms with Crippen molar-refractivity contribution in [3.63, 3.8) is 0 Å². The van der Waals surface area contributed by atoms with E-state index in [1.54, 1.807) is 36.7 Å². The van der Waals surface area contributed by atoms with Crippen LogP contribution in [0.1, 0.15) is 11.3 Å². The van der Waals surface area contributed by atoms with Crippen LogP contribution in [0.2, 0.25) is 0 Å². The normalized spacial score (nSPS) is 11.7. The maximum Gasteiger partial charge on any atom is 0.240 e. The third-order valence-electron chi connectivity index (χ3n) is 4.46. The number of nitrogens with zero attached hydrogens (tertiary/aromatic N) is 2. The van der Waals surface area contributed by atoms with E-state index in [1.807, 2.05) is 31.2 Å². The van der Waals surface area contributed by atoms with Crippen LogP contribution in [0.3, 0.4) is 0 Å². The number of H-pyrrole nitrogens is 1. The van der Waals surface area contributed by atoms with E-state index in [9.17, 15) is 8.42 Å². The van der Waals surface area contributed by atoms with Crippen LogP contribution in [0.25, 0.3) is 22.0 Å². The lowest BCUT2D eigenvalue weighted by Crippen LogP contribution is -2.23. The lowest BCUT2D eigenvalue weighted by Gasteiger charge is -2.08. The molecular weight excluding hydrogens is 360 g/mol. The maximum atomic E-state index is 12.5. The van der Waals surface area contributed by atoms with Crippen molar-refractivity contribution in [2.45, 2.75) is 18.4 Å². The Labute approximate surface area is 157 Å². The molecule has 4 aromatic rings. The summed E-state index contributed by atoms with van der Waals surface area (Å²) in [4.78, 5) is 4.16. The van der Waals surface area contributed by atoms with Gasteiger partial charge in [-0.05, 0) is 60.0 Å². The Bertz CT molecular complexity index is 1180. The van der Waals surface area contributed by atoms with Gasteiger partial charge < -0.3 is 0 Å². The Balaban J connectivity index is 1.56. The zero-order valence-electron chi connectivity index (χ0n) is 14.7. The van der Waals surface area contributed by atoms with Gasteiger partial charge in [0.25, 0.3) is 0 Å². The number of hydrogen-bond donors (Lipinski definition) is 2. The van der Waals surface area contributed by atoms with Gasteiger partial charge in [-0.2, -0.15) is 5.10 Å². The van der Waals surface area contributed by atoms with Gasteiger partial charge in [0.2, 0.25) is 10.0 Å². The fraction of sp³-hybridized carbons (Fsp3) is 0.100. The Morgan fingerprint density at radius 1 is 0.963 bits per heavy atom. The second-order valence-corrected chi connectivity index (χ2v) is 8.05. The highest BCUT2D eigenvalue weighted by Crippen LogP contribution is 2.26. The molecule has 6 nitrogen and oxygen atoms in total. The zero-order chi connectivity index (χ0) is 18.9. The highest BCUT2D eigenvalue weighted by molar-refractivity contribution is 7.89. The van der Waals surface area contributed by atoms with Crippen molar-refractivity contribution in [3.05, 3.63) is 78.2 Å². The van der Waals surface area contributed by atoms with Gasteiger partial charge in [0.15, 0.2) is 0 Å². The number of aromatic nitrogens is 3. The number of aryl methyl sites for hydroxylation is 1. The first-order chi connectivity index (χ1) is 13.0. The minimum absolute atomic E-state index is 0.225. The first-order valence-corrected chi connectivity index (χ1v) is 9.95. The van der Waals surface area contributed by atoms with E-state index >= 15 is 0 Å². The highest BCUT2D eigenvalue weighted by Gasteiger charge is 2.14. The molecule has 0 aliphatic heterocycles. The van der Waals surface area contributed by atoms with E-state index in [0.717, 1.165) is 33.3 Å². The Morgan fingerprint density at radius 3 is 2.41 bits per heavy atom. The molecule has 0 atom stereocenters. The van der Waals surface area contributed by atoms with Crippen LogP contribution >= 0.6 is 0 Å². The summed E-state index contributed by atoms with van der Waals surface area (Å²) in [5.41, 5.74) is 4.74. The van der Waals surface area contributed by atoms with Crippen molar-refractivity contribution in [1.82, 2.24) is 19.9 Å². The minimum atomic E-state index is -3.58. The molecule has 0 aliphatic carbocycles. The average molecular weight is 378 g/mol. The predicted octanol–water partition coefficient (Wildman–Crippen LogP) is 3.41. The average Bonchev–Trinajstić information content (AvgIpc) is 3.08.